The Morgan fingerprint density at radius 3 is 2.06 bits per heavy atom. The van der Waals surface area contributed by atoms with Crippen LogP contribution in [0.4, 0.5) is 0 Å². The molecule has 100 valence electrons. The molecule has 0 aliphatic carbocycles. The average Bonchev–Trinajstić information content (AvgIpc) is 2.27. The number of carbonyl (C=O) groups is 1. The first-order valence-corrected chi connectivity index (χ1v) is 6.79. The maximum atomic E-state index is 11.9. The fourth-order valence-electron chi connectivity index (χ4n) is 1.97. The van der Waals surface area contributed by atoms with Crippen molar-refractivity contribution in [2.75, 3.05) is 0 Å². The first-order valence-electron chi connectivity index (χ1n) is 6.79. The van der Waals surface area contributed by atoms with Crippen LogP contribution >= 0.6 is 0 Å². The van der Waals surface area contributed by atoms with E-state index in [0.29, 0.717) is 5.92 Å². The van der Waals surface area contributed by atoms with Gasteiger partial charge >= 0.3 is 0 Å². The molecular weight excluding hydrogens is 222 g/mol. The number of amides is 1. The maximum absolute atomic E-state index is 11.9. The predicted molar refractivity (Wildman–Crippen MR) is 76.7 cm³/mol. The number of benzene rings is 1. The van der Waals surface area contributed by atoms with Crippen LogP contribution in [-0.4, -0.2) is 11.9 Å². The van der Waals surface area contributed by atoms with E-state index in [1.54, 1.807) is 0 Å². The van der Waals surface area contributed by atoms with Gasteiger partial charge in [0.1, 0.15) is 0 Å². The lowest BCUT2D eigenvalue weighted by Crippen LogP contribution is -2.33. The van der Waals surface area contributed by atoms with Crippen molar-refractivity contribution in [3.63, 3.8) is 0 Å². The van der Waals surface area contributed by atoms with Gasteiger partial charge in [-0.05, 0) is 44.2 Å². The van der Waals surface area contributed by atoms with Gasteiger partial charge in [-0.15, -0.1) is 0 Å². The van der Waals surface area contributed by atoms with Gasteiger partial charge in [0.15, 0.2) is 0 Å². The zero-order valence-electron chi connectivity index (χ0n) is 12.2. The van der Waals surface area contributed by atoms with Crippen molar-refractivity contribution in [3.8, 4) is 0 Å². The molecule has 1 aromatic carbocycles. The summed E-state index contributed by atoms with van der Waals surface area (Å²) < 4.78 is 0. The highest BCUT2D eigenvalue weighted by Gasteiger charge is 2.15. The third-order valence-corrected chi connectivity index (χ3v) is 2.95. The largest absolute Gasteiger partial charge is 0.353 e. The standard InChI is InChI=1S/C16H25NO/c1-11(2)10-14-6-8-15(9-7-14)13(5)16(18)17-12(3)4/h6-9,11-13H,10H2,1-5H3,(H,17,18)/t13-/m0/s1. The van der Waals surface area contributed by atoms with Gasteiger partial charge in [0, 0.05) is 6.04 Å². The Labute approximate surface area is 111 Å². The quantitative estimate of drug-likeness (QED) is 0.847. The summed E-state index contributed by atoms with van der Waals surface area (Å²) in [5.41, 5.74) is 2.42. The van der Waals surface area contributed by atoms with E-state index < -0.39 is 0 Å². The fraction of sp³-hybridized carbons (Fsp3) is 0.562. The highest BCUT2D eigenvalue weighted by atomic mass is 16.1. The van der Waals surface area contributed by atoms with Crippen molar-refractivity contribution < 1.29 is 4.79 Å². The van der Waals surface area contributed by atoms with E-state index in [9.17, 15) is 4.79 Å². The highest BCUT2D eigenvalue weighted by molar-refractivity contribution is 5.83. The number of carbonyl (C=O) groups excluding carboxylic acids is 1. The van der Waals surface area contributed by atoms with E-state index in [1.807, 2.05) is 20.8 Å². The average molecular weight is 247 g/mol. The number of rotatable bonds is 5. The lowest BCUT2D eigenvalue weighted by molar-refractivity contribution is -0.122. The van der Waals surface area contributed by atoms with Gasteiger partial charge in [-0.3, -0.25) is 4.79 Å². The molecule has 0 saturated heterocycles. The van der Waals surface area contributed by atoms with Gasteiger partial charge in [0.2, 0.25) is 5.91 Å². The normalized spacial score (nSPS) is 12.8. The summed E-state index contributed by atoms with van der Waals surface area (Å²) in [5.74, 6) is 0.680. The first-order chi connectivity index (χ1) is 8.40. The third-order valence-electron chi connectivity index (χ3n) is 2.95. The maximum Gasteiger partial charge on any atom is 0.227 e. The Balaban J connectivity index is 2.69. The van der Waals surface area contributed by atoms with Crippen LogP contribution in [-0.2, 0) is 11.2 Å². The van der Waals surface area contributed by atoms with Gasteiger partial charge in [0.05, 0.1) is 5.92 Å². The molecule has 0 spiro atoms. The van der Waals surface area contributed by atoms with Crippen LogP contribution in [0, 0.1) is 5.92 Å². The Bertz CT molecular complexity index is 379. The molecule has 2 nitrogen and oxygen atoms in total. The van der Waals surface area contributed by atoms with Crippen molar-refractivity contribution >= 4 is 5.91 Å². The summed E-state index contributed by atoms with van der Waals surface area (Å²) in [6, 6.07) is 8.60. The monoisotopic (exact) mass is 247 g/mol. The molecular formula is C16H25NO. The zero-order chi connectivity index (χ0) is 13.7. The van der Waals surface area contributed by atoms with Crippen LogP contribution in [0.15, 0.2) is 24.3 Å². The fourth-order valence-corrected chi connectivity index (χ4v) is 1.97. The van der Waals surface area contributed by atoms with Crippen LogP contribution in [0.2, 0.25) is 0 Å². The topological polar surface area (TPSA) is 29.1 Å². The molecule has 0 aliphatic rings. The lowest BCUT2D eigenvalue weighted by atomic mass is 9.96. The number of hydrogen-bond acceptors (Lipinski definition) is 1. The van der Waals surface area contributed by atoms with Crippen LogP contribution in [0.25, 0.3) is 0 Å². The molecule has 0 fully saturated rings. The van der Waals surface area contributed by atoms with E-state index in [2.05, 4.69) is 43.4 Å². The highest BCUT2D eigenvalue weighted by Crippen LogP contribution is 2.17. The molecule has 0 heterocycles. The molecule has 0 saturated carbocycles. The molecule has 1 rings (SSSR count). The van der Waals surface area contributed by atoms with Crippen molar-refractivity contribution in [1.82, 2.24) is 5.32 Å². The van der Waals surface area contributed by atoms with Crippen LogP contribution in [0.3, 0.4) is 0 Å². The van der Waals surface area contributed by atoms with E-state index in [-0.39, 0.29) is 17.9 Å². The Morgan fingerprint density at radius 2 is 1.61 bits per heavy atom. The minimum absolute atomic E-state index is 0.0829. The zero-order valence-corrected chi connectivity index (χ0v) is 12.2. The second-order valence-electron chi connectivity index (χ2n) is 5.72. The molecule has 0 radical (unpaired) electrons. The minimum atomic E-state index is -0.0829. The van der Waals surface area contributed by atoms with E-state index >= 15 is 0 Å². The first kappa shape index (κ1) is 14.7. The second kappa shape index (κ2) is 6.58. The van der Waals surface area contributed by atoms with Gasteiger partial charge < -0.3 is 5.32 Å². The molecule has 2 heteroatoms. The van der Waals surface area contributed by atoms with E-state index in [1.165, 1.54) is 5.56 Å². The van der Waals surface area contributed by atoms with Crippen LogP contribution in [0.5, 0.6) is 0 Å². The molecule has 0 unspecified atom stereocenters. The smallest absolute Gasteiger partial charge is 0.227 e. The molecule has 1 aromatic rings. The Hall–Kier alpha value is -1.31. The van der Waals surface area contributed by atoms with Crippen molar-refractivity contribution in [2.24, 2.45) is 5.92 Å². The number of nitrogens with one attached hydrogen (secondary N) is 1. The molecule has 18 heavy (non-hydrogen) atoms. The SMILES string of the molecule is CC(C)Cc1ccc([C@H](C)C(=O)NC(C)C)cc1. The number of hydrogen-bond donors (Lipinski definition) is 1. The van der Waals surface area contributed by atoms with Gasteiger partial charge in [-0.25, -0.2) is 0 Å². The molecule has 1 atom stereocenters. The Kier molecular flexibility index (Phi) is 5.39. The summed E-state index contributed by atoms with van der Waals surface area (Å²) in [6.07, 6.45) is 1.09. The summed E-state index contributed by atoms with van der Waals surface area (Å²) in [4.78, 5) is 11.9. The lowest BCUT2D eigenvalue weighted by Gasteiger charge is -2.15. The van der Waals surface area contributed by atoms with E-state index in [0.717, 1.165) is 12.0 Å². The Morgan fingerprint density at radius 1 is 1.06 bits per heavy atom. The predicted octanol–water partition coefficient (Wildman–Crippen LogP) is 3.51. The van der Waals surface area contributed by atoms with Gasteiger partial charge in [0.25, 0.3) is 0 Å². The van der Waals surface area contributed by atoms with Crippen molar-refractivity contribution in [2.45, 2.75) is 53.0 Å². The van der Waals surface area contributed by atoms with Crippen molar-refractivity contribution in [3.05, 3.63) is 35.4 Å². The molecule has 0 aliphatic heterocycles. The summed E-state index contributed by atoms with van der Waals surface area (Å²) in [6.45, 7) is 10.3. The summed E-state index contributed by atoms with van der Waals surface area (Å²) >= 11 is 0. The third kappa shape index (κ3) is 4.52. The molecule has 0 aromatic heterocycles. The van der Waals surface area contributed by atoms with Crippen molar-refractivity contribution in [1.29, 1.82) is 0 Å². The van der Waals surface area contributed by atoms with Crippen LogP contribution in [0.1, 0.15) is 51.7 Å². The minimum Gasteiger partial charge on any atom is -0.353 e. The van der Waals surface area contributed by atoms with E-state index in [4.69, 9.17) is 0 Å². The molecule has 1 N–H and O–H groups in total. The van der Waals surface area contributed by atoms with Gasteiger partial charge in [-0.1, -0.05) is 38.1 Å². The van der Waals surface area contributed by atoms with Gasteiger partial charge in [-0.2, -0.15) is 0 Å². The molecule has 0 bridgehead atoms. The summed E-state index contributed by atoms with van der Waals surface area (Å²) in [7, 11) is 0. The summed E-state index contributed by atoms with van der Waals surface area (Å²) in [5, 5.41) is 2.95. The molecule has 1 amide bonds. The second-order valence-corrected chi connectivity index (χ2v) is 5.72. The van der Waals surface area contributed by atoms with Crippen LogP contribution < -0.4 is 5.32 Å².